The van der Waals surface area contributed by atoms with Gasteiger partial charge in [0.2, 0.25) is 0 Å². The smallest absolute Gasteiger partial charge is 0.171 e. The molecule has 3 aromatic carbocycles. The summed E-state index contributed by atoms with van der Waals surface area (Å²) in [4.78, 5) is 4.82. The van der Waals surface area contributed by atoms with Crippen LogP contribution in [0.3, 0.4) is 0 Å². The number of anilines is 1. The molecular weight excluding hydrogens is 479 g/mol. The molecule has 4 rings (SSSR count). The monoisotopic (exact) mass is 506 g/mol. The van der Waals surface area contributed by atoms with E-state index in [1.807, 2.05) is 45.0 Å². The number of rotatable bonds is 9. The van der Waals surface area contributed by atoms with E-state index in [4.69, 9.17) is 37.2 Å². The van der Waals surface area contributed by atoms with E-state index >= 15 is 4.39 Å². The molecule has 6 nitrogen and oxygen atoms in total. The van der Waals surface area contributed by atoms with Crippen LogP contribution in [0.2, 0.25) is 5.02 Å². The van der Waals surface area contributed by atoms with E-state index in [0.29, 0.717) is 39.9 Å². The van der Waals surface area contributed by atoms with Gasteiger partial charge in [0, 0.05) is 33.3 Å². The Labute approximate surface area is 214 Å². The fourth-order valence-corrected chi connectivity index (χ4v) is 4.07. The summed E-state index contributed by atoms with van der Waals surface area (Å²) in [7, 11) is 0. The van der Waals surface area contributed by atoms with Crippen molar-refractivity contribution >= 4 is 34.0 Å². The van der Waals surface area contributed by atoms with E-state index in [-0.39, 0.29) is 17.7 Å². The average Bonchev–Trinajstić information content (AvgIpc) is 2.84. The molecule has 0 radical (unpaired) electrons. The maximum absolute atomic E-state index is 15.9. The summed E-state index contributed by atoms with van der Waals surface area (Å²) < 4.78 is 27.4. The van der Waals surface area contributed by atoms with Crippen LogP contribution in [-0.4, -0.2) is 23.5 Å². The minimum Gasteiger partial charge on any atom is -0.494 e. The maximum Gasteiger partial charge on any atom is 0.171 e. The fraction of sp³-hybridized carbons (Fsp3) is 0.214. The highest BCUT2D eigenvalue weighted by molar-refractivity contribution is 6.31. The Hall–Kier alpha value is -3.84. The van der Waals surface area contributed by atoms with E-state index in [0.717, 1.165) is 10.9 Å². The number of nitrogens with two attached hydrogens (primary N) is 1. The van der Waals surface area contributed by atoms with Crippen molar-refractivity contribution in [2.24, 2.45) is 5.73 Å². The van der Waals surface area contributed by atoms with Crippen molar-refractivity contribution in [3.8, 4) is 11.5 Å². The molecule has 0 saturated heterocycles. The number of nitrogens with one attached hydrogen (secondary N) is 2. The van der Waals surface area contributed by atoms with Crippen LogP contribution in [0.15, 0.2) is 66.7 Å². The van der Waals surface area contributed by atoms with Crippen LogP contribution >= 0.6 is 11.6 Å². The van der Waals surface area contributed by atoms with Gasteiger partial charge in [0.15, 0.2) is 11.6 Å². The highest BCUT2D eigenvalue weighted by Gasteiger charge is 2.25. The molecule has 0 bridgehead atoms. The van der Waals surface area contributed by atoms with Gasteiger partial charge in [-0.15, -0.1) is 0 Å². The minimum absolute atomic E-state index is 0.0288. The van der Waals surface area contributed by atoms with Gasteiger partial charge in [0.1, 0.15) is 11.6 Å². The summed E-state index contributed by atoms with van der Waals surface area (Å²) in [5, 5.41) is 12.5. The topological polar surface area (TPSA) is 93.2 Å². The first-order chi connectivity index (χ1) is 17.2. The Kier molecular flexibility index (Phi) is 7.60. The van der Waals surface area contributed by atoms with E-state index in [1.165, 1.54) is 0 Å². The molecule has 0 saturated carbocycles. The molecule has 0 aliphatic rings. The Balaban J connectivity index is 1.86. The van der Waals surface area contributed by atoms with E-state index in [1.54, 1.807) is 42.5 Å². The van der Waals surface area contributed by atoms with Gasteiger partial charge in [-0.3, -0.25) is 10.4 Å². The summed E-state index contributed by atoms with van der Waals surface area (Å²) in [5.74, 6) is 0.0787. The molecule has 4 aromatic rings. The van der Waals surface area contributed by atoms with Crippen LogP contribution in [-0.2, 0) is 0 Å². The molecule has 0 fully saturated rings. The number of hydrogen-bond donors (Lipinski definition) is 3. The number of ether oxygens (including phenoxy) is 2. The third-order valence-electron chi connectivity index (χ3n) is 5.50. The Morgan fingerprint density at radius 1 is 1.08 bits per heavy atom. The van der Waals surface area contributed by atoms with Crippen molar-refractivity contribution in [2.75, 3.05) is 11.9 Å². The predicted molar refractivity (Wildman–Crippen MR) is 143 cm³/mol. The van der Waals surface area contributed by atoms with Gasteiger partial charge in [0.25, 0.3) is 0 Å². The molecule has 0 aliphatic carbocycles. The molecule has 4 N–H and O–H groups in total. The van der Waals surface area contributed by atoms with Crippen molar-refractivity contribution in [1.29, 1.82) is 5.41 Å². The zero-order valence-corrected chi connectivity index (χ0v) is 21.1. The lowest BCUT2D eigenvalue weighted by Crippen LogP contribution is -2.18. The van der Waals surface area contributed by atoms with E-state index in [2.05, 4.69) is 5.32 Å². The van der Waals surface area contributed by atoms with Crippen molar-refractivity contribution < 1.29 is 13.9 Å². The van der Waals surface area contributed by atoms with Crippen LogP contribution in [0.4, 0.5) is 10.1 Å². The number of halogens is 2. The minimum atomic E-state index is -0.678. The molecule has 1 aromatic heterocycles. The molecular formula is C28H28ClFN4O2. The zero-order valence-electron chi connectivity index (χ0n) is 20.3. The van der Waals surface area contributed by atoms with Crippen LogP contribution in [0, 0.1) is 11.2 Å². The Bertz CT molecular complexity index is 1390. The predicted octanol–water partition coefficient (Wildman–Crippen LogP) is 6.70. The summed E-state index contributed by atoms with van der Waals surface area (Å²) >= 11 is 6.14. The van der Waals surface area contributed by atoms with Crippen molar-refractivity contribution in [3.63, 3.8) is 0 Å². The number of hydrogen-bond acceptors (Lipinski definition) is 5. The first-order valence-electron chi connectivity index (χ1n) is 11.6. The first kappa shape index (κ1) is 25.3. The van der Waals surface area contributed by atoms with Crippen molar-refractivity contribution in [2.45, 2.75) is 32.9 Å². The molecule has 1 unspecified atom stereocenters. The number of benzene rings is 3. The Morgan fingerprint density at radius 2 is 1.83 bits per heavy atom. The van der Waals surface area contributed by atoms with Crippen LogP contribution in [0.25, 0.3) is 10.9 Å². The number of pyridine rings is 1. The third kappa shape index (κ3) is 5.69. The number of nitrogens with zero attached hydrogens (tertiary/aromatic N) is 1. The van der Waals surface area contributed by atoms with Gasteiger partial charge in [-0.05, 0) is 75.4 Å². The van der Waals surface area contributed by atoms with Crippen molar-refractivity contribution in [3.05, 3.63) is 94.4 Å². The summed E-state index contributed by atoms with van der Waals surface area (Å²) in [6.07, 6.45) is -0.224. The highest BCUT2D eigenvalue weighted by atomic mass is 35.5. The average molecular weight is 507 g/mol. The number of amidine groups is 1. The highest BCUT2D eigenvalue weighted by Crippen LogP contribution is 2.36. The second-order valence-electron chi connectivity index (χ2n) is 8.57. The molecule has 0 amide bonds. The molecule has 0 spiro atoms. The number of fused-ring (bicyclic) bond motifs is 1. The Morgan fingerprint density at radius 3 is 2.50 bits per heavy atom. The lowest BCUT2D eigenvalue weighted by Gasteiger charge is -2.23. The largest absolute Gasteiger partial charge is 0.494 e. The van der Waals surface area contributed by atoms with Crippen LogP contribution in [0.1, 0.15) is 43.6 Å². The SMILES string of the molecule is CCOc1cc(OC(C)C)c(F)c(C(Nc2ccc(C(=N)N)cc2)c2ccc3cc(Cl)ccc3n2)c1. The molecule has 36 heavy (non-hydrogen) atoms. The lowest BCUT2D eigenvalue weighted by molar-refractivity contribution is 0.228. The second-order valence-corrected chi connectivity index (χ2v) is 9.00. The quantitative estimate of drug-likeness (QED) is 0.173. The van der Waals surface area contributed by atoms with Gasteiger partial charge < -0.3 is 20.5 Å². The molecule has 8 heteroatoms. The van der Waals surface area contributed by atoms with Crippen molar-refractivity contribution in [1.82, 2.24) is 4.98 Å². The van der Waals surface area contributed by atoms with Crippen LogP contribution < -0.4 is 20.5 Å². The molecule has 0 aliphatic heterocycles. The maximum atomic E-state index is 15.9. The summed E-state index contributed by atoms with van der Waals surface area (Å²) in [6, 6.07) is 18.8. The zero-order chi connectivity index (χ0) is 25.8. The van der Waals surface area contributed by atoms with Gasteiger partial charge in [0.05, 0.1) is 30.0 Å². The van der Waals surface area contributed by atoms with Gasteiger partial charge in [-0.25, -0.2) is 4.39 Å². The molecule has 1 atom stereocenters. The number of nitrogen functional groups attached to an aromatic ring is 1. The fourth-order valence-electron chi connectivity index (χ4n) is 3.89. The summed E-state index contributed by atoms with van der Waals surface area (Å²) in [6.45, 7) is 5.98. The molecule has 186 valence electrons. The van der Waals surface area contributed by atoms with E-state index < -0.39 is 11.9 Å². The van der Waals surface area contributed by atoms with E-state index in [9.17, 15) is 0 Å². The van der Waals surface area contributed by atoms with Gasteiger partial charge in [-0.1, -0.05) is 17.7 Å². The standard InChI is InChI=1S/C28H28ClFN4O2/c1-4-35-21-14-22(26(30)25(15-21)36-16(2)3)27(33-20-9-5-17(6-10-20)28(31)32)24-11-7-18-13-19(29)8-12-23(18)34-24/h5-16,27,33H,4H2,1-3H3,(H3,31,32). The van der Waals surface area contributed by atoms with Gasteiger partial charge in [-0.2, -0.15) is 0 Å². The number of aromatic nitrogens is 1. The van der Waals surface area contributed by atoms with Crippen LogP contribution in [0.5, 0.6) is 11.5 Å². The first-order valence-corrected chi connectivity index (χ1v) is 12.0. The second kappa shape index (κ2) is 10.8. The lowest BCUT2D eigenvalue weighted by atomic mass is 9.99. The molecule has 1 heterocycles. The normalized spacial score (nSPS) is 11.9. The summed E-state index contributed by atoms with van der Waals surface area (Å²) in [5.41, 5.74) is 8.55. The van der Waals surface area contributed by atoms with Gasteiger partial charge >= 0.3 is 0 Å². The third-order valence-corrected chi connectivity index (χ3v) is 5.74.